The fourth-order valence-corrected chi connectivity index (χ4v) is 3.15. The van der Waals surface area contributed by atoms with Gasteiger partial charge in [0.15, 0.2) is 0 Å². The van der Waals surface area contributed by atoms with Gasteiger partial charge in [-0.3, -0.25) is 15.5 Å². The molecule has 29 heavy (non-hydrogen) atoms. The zero-order chi connectivity index (χ0) is 21.2. The van der Waals surface area contributed by atoms with Crippen molar-refractivity contribution in [2.45, 2.75) is 25.9 Å². The summed E-state index contributed by atoms with van der Waals surface area (Å²) in [7, 11) is 0. The summed E-state index contributed by atoms with van der Waals surface area (Å²) < 4.78 is 52.7. The van der Waals surface area contributed by atoms with E-state index in [0.29, 0.717) is 17.3 Å². The van der Waals surface area contributed by atoms with Gasteiger partial charge in [0.05, 0.1) is 22.4 Å². The Morgan fingerprint density at radius 1 is 1.21 bits per heavy atom. The van der Waals surface area contributed by atoms with Crippen molar-refractivity contribution in [3.63, 3.8) is 0 Å². The first kappa shape index (κ1) is 20.6. The summed E-state index contributed by atoms with van der Waals surface area (Å²) >= 11 is 0. The second kappa shape index (κ2) is 8.06. The van der Waals surface area contributed by atoms with Gasteiger partial charge in [-0.15, -0.1) is 0 Å². The summed E-state index contributed by atoms with van der Waals surface area (Å²) in [6, 6.07) is 5.12. The standard InChI is InChI=1S/C19H18F4N4O2/c1-12-8-17(26-6-2-3-7-26)15(20)9-13(12)11-24-25-16-5-4-14(19(21,22)23)10-18(16)27(28)29/h4-5,8-11,25H,2-3,6-7H2,1H3/b24-11+. The van der Waals surface area contributed by atoms with Gasteiger partial charge in [0.1, 0.15) is 11.5 Å². The van der Waals surface area contributed by atoms with Crippen LogP contribution < -0.4 is 10.3 Å². The molecule has 0 saturated carbocycles. The molecule has 10 heteroatoms. The van der Waals surface area contributed by atoms with Crippen LogP contribution in [0.5, 0.6) is 0 Å². The molecule has 0 bridgehead atoms. The van der Waals surface area contributed by atoms with E-state index in [2.05, 4.69) is 10.5 Å². The molecular weight excluding hydrogens is 392 g/mol. The van der Waals surface area contributed by atoms with Crippen LogP contribution in [-0.2, 0) is 6.18 Å². The maximum absolute atomic E-state index is 14.4. The van der Waals surface area contributed by atoms with Crippen molar-refractivity contribution in [3.8, 4) is 0 Å². The number of nitro benzene ring substituents is 1. The predicted octanol–water partition coefficient (Wildman–Crippen LogP) is 5.11. The lowest BCUT2D eigenvalue weighted by molar-refractivity contribution is -0.384. The molecule has 2 aromatic rings. The van der Waals surface area contributed by atoms with Crippen molar-refractivity contribution >= 4 is 23.3 Å². The molecule has 0 spiro atoms. The molecule has 1 heterocycles. The normalized spacial score (nSPS) is 14.6. The summed E-state index contributed by atoms with van der Waals surface area (Å²) in [4.78, 5) is 12.1. The van der Waals surface area contributed by atoms with E-state index in [4.69, 9.17) is 0 Å². The molecule has 6 nitrogen and oxygen atoms in total. The quantitative estimate of drug-likeness (QED) is 0.322. The van der Waals surface area contributed by atoms with Gasteiger partial charge in [-0.25, -0.2) is 4.39 Å². The van der Waals surface area contributed by atoms with E-state index in [1.165, 1.54) is 12.3 Å². The first-order valence-corrected chi connectivity index (χ1v) is 8.86. The molecule has 2 aromatic carbocycles. The highest BCUT2D eigenvalue weighted by Gasteiger charge is 2.33. The number of anilines is 2. The minimum atomic E-state index is -4.70. The Morgan fingerprint density at radius 3 is 2.52 bits per heavy atom. The van der Waals surface area contributed by atoms with E-state index in [0.717, 1.165) is 43.6 Å². The fraction of sp³-hybridized carbons (Fsp3) is 0.316. The number of nitrogens with zero attached hydrogens (tertiary/aromatic N) is 3. The molecule has 0 aliphatic carbocycles. The fourth-order valence-electron chi connectivity index (χ4n) is 3.15. The van der Waals surface area contributed by atoms with Crippen molar-refractivity contribution in [1.82, 2.24) is 0 Å². The van der Waals surface area contributed by atoms with Gasteiger partial charge in [0, 0.05) is 24.7 Å². The van der Waals surface area contributed by atoms with E-state index >= 15 is 0 Å². The Morgan fingerprint density at radius 2 is 1.90 bits per heavy atom. The Hall–Kier alpha value is -3.17. The number of hydrogen-bond donors (Lipinski definition) is 1. The Labute approximate surface area is 164 Å². The minimum Gasteiger partial charge on any atom is -0.369 e. The summed E-state index contributed by atoms with van der Waals surface area (Å²) in [5, 5.41) is 14.9. The third kappa shape index (κ3) is 4.64. The summed E-state index contributed by atoms with van der Waals surface area (Å²) in [5.41, 5.74) is 1.99. The smallest absolute Gasteiger partial charge is 0.369 e. The average molecular weight is 410 g/mol. The van der Waals surface area contributed by atoms with Gasteiger partial charge >= 0.3 is 6.18 Å². The van der Waals surface area contributed by atoms with E-state index in [1.807, 2.05) is 4.90 Å². The molecule has 1 aliphatic heterocycles. The molecule has 1 N–H and O–H groups in total. The second-order valence-corrected chi connectivity index (χ2v) is 6.71. The summed E-state index contributed by atoms with van der Waals surface area (Å²) in [5.74, 6) is -0.403. The van der Waals surface area contributed by atoms with Crippen LogP contribution in [0, 0.1) is 22.9 Å². The van der Waals surface area contributed by atoms with Crippen LogP contribution >= 0.6 is 0 Å². The number of hydrazone groups is 1. The highest BCUT2D eigenvalue weighted by atomic mass is 19.4. The van der Waals surface area contributed by atoms with Crippen LogP contribution in [0.15, 0.2) is 35.4 Å². The van der Waals surface area contributed by atoms with Crippen LogP contribution in [0.3, 0.4) is 0 Å². The van der Waals surface area contributed by atoms with Gasteiger partial charge in [-0.2, -0.15) is 18.3 Å². The van der Waals surface area contributed by atoms with Crippen LogP contribution in [0.4, 0.5) is 34.6 Å². The molecular formula is C19H18F4N4O2. The average Bonchev–Trinajstić information content (AvgIpc) is 3.17. The zero-order valence-corrected chi connectivity index (χ0v) is 15.5. The molecule has 1 fully saturated rings. The molecule has 3 rings (SSSR count). The zero-order valence-electron chi connectivity index (χ0n) is 15.5. The number of nitrogens with one attached hydrogen (secondary N) is 1. The Balaban J connectivity index is 1.81. The molecule has 154 valence electrons. The largest absolute Gasteiger partial charge is 0.416 e. The third-order valence-electron chi connectivity index (χ3n) is 4.69. The second-order valence-electron chi connectivity index (χ2n) is 6.71. The maximum Gasteiger partial charge on any atom is 0.416 e. The Bertz CT molecular complexity index is 954. The van der Waals surface area contributed by atoms with Crippen molar-refractivity contribution in [1.29, 1.82) is 0 Å². The summed E-state index contributed by atoms with van der Waals surface area (Å²) in [6.07, 6.45) is -1.40. The van der Waals surface area contributed by atoms with Crippen molar-refractivity contribution < 1.29 is 22.5 Å². The van der Waals surface area contributed by atoms with Crippen LogP contribution in [0.1, 0.15) is 29.5 Å². The SMILES string of the molecule is Cc1cc(N2CCCC2)c(F)cc1/C=N/Nc1ccc(C(F)(F)F)cc1[N+](=O)[O-]. The topological polar surface area (TPSA) is 70.8 Å². The molecule has 0 radical (unpaired) electrons. The van der Waals surface area contributed by atoms with Gasteiger partial charge in [-0.1, -0.05) is 0 Å². The van der Waals surface area contributed by atoms with Crippen molar-refractivity contribution in [2.24, 2.45) is 5.10 Å². The number of halogens is 4. The monoisotopic (exact) mass is 410 g/mol. The Kier molecular flexibility index (Phi) is 5.71. The number of nitro groups is 1. The van der Waals surface area contributed by atoms with Crippen LogP contribution in [0.2, 0.25) is 0 Å². The highest BCUT2D eigenvalue weighted by Crippen LogP contribution is 2.35. The lowest BCUT2D eigenvalue weighted by Crippen LogP contribution is -2.19. The highest BCUT2D eigenvalue weighted by molar-refractivity contribution is 5.83. The number of rotatable bonds is 5. The maximum atomic E-state index is 14.4. The van der Waals surface area contributed by atoms with E-state index in [-0.39, 0.29) is 5.69 Å². The number of hydrogen-bond acceptors (Lipinski definition) is 5. The lowest BCUT2D eigenvalue weighted by Gasteiger charge is -2.19. The van der Waals surface area contributed by atoms with Gasteiger partial charge in [-0.05, 0) is 49.6 Å². The van der Waals surface area contributed by atoms with Crippen LogP contribution in [-0.4, -0.2) is 24.2 Å². The predicted molar refractivity (Wildman–Crippen MR) is 102 cm³/mol. The first-order chi connectivity index (χ1) is 13.7. The number of aryl methyl sites for hydroxylation is 1. The first-order valence-electron chi connectivity index (χ1n) is 8.86. The van der Waals surface area contributed by atoms with Gasteiger partial charge < -0.3 is 4.90 Å². The molecule has 0 unspecified atom stereocenters. The molecule has 1 saturated heterocycles. The van der Waals surface area contributed by atoms with Crippen LogP contribution in [0.25, 0.3) is 0 Å². The van der Waals surface area contributed by atoms with E-state index < -0.39 is 28.2 Å². The molecule has 0 atom stereocenters. The third-order valence-corrected chi connectivity index (χ3v) is 4.69. The number of benzene rings is 2. The van der Waals surface area contributed by atoms with Gasteiger partial charge in [0.2, 0.25) is 0 Å². The molecule has 0 aromatic heterocycles. The van der Waals surface area contributed by atoms with E-state index in [9.17, 15) is 27.7 Å². The van der Waals surface area contributed by atoms with Crippen molar-refractivity contribution in [2.75, 3.05) is 23.4 Å². The van der Waals surface area contributed by atoms with Gasteiger partial charge in [0.25, 0.3) is 5.69 Å². The van der Waals surface area contributed by atoms with Crippen molar-refractivity contribution in [3.05, 3.63) is 63.0 Å². The molecule has 0 amide bonds. The lowest BCUT2D eigenvalue weighted by atomic mass is 10.1. The minimum absolute atomic E-state index is 0.203. The number of alkyl halides is 3. The summed E-state index contributed by atoms with van der Waals surface area (Å²) in [6.45, 7) is 3.37. The molecule has 1 aliphatic rings. The van der Waals surface area contributed by atoms with E-state index in [1.54, 1.807) is 13.0 Å².